The Morgan fingerprint density at radius 3 is 2.57 bits per heavy atom. The molecule has 0 aliphatic carbocycles. The molecule has 0 bridgehead atoms. The van der Waals surface area contributed by atoms with Crippen LogP contribution in [0.5, 0.6) is 0 Å². The fraction of sp³-hybridized carbons (Fsp3) is 0.143. The molecule has 76 valence electrons. The van der Waals surface area contributed by atoms with Crippen LogP contribution in [-0.4, -0.2) is 18.1 Å². The summed E-state index contributed by atoms with van der Waals surface area (Å²) in [7, 11) is 1.05. The molecule has 0 aliphatic heterocycles. The Kier molecular flexibility index (Phi) is 3.00. The quantitative estimate of drug-likeness (QED) is 0.618. The van der Waals surface area contributed by atoms with Gasteiger partial charge in [-0.2, -0.15) is 0 Å². The van der Waals surface area contributed by atoms with E-state index in [1.54, 1.807) is 0 Å². The van der Waals surface area contributed by atoms with Gasteiger partial charge in [0, 0.05) is 0 Å². The average molecular weight is 267 g/mol. The molecular weight excluding hydrogens is 262 g/mol. The second-order valence-electron chi connectivity index (χ2n) is 2.28. The van der Waals surface area contributed by atoms with Crippen LogP contribution in [0.25, 0.3) is 0 Å². The molecule has 0 aromatic carbocycles. The number of ether oxygens (including phenoxy) is 1. The maximum atomic E-state index is 13.1. The fourth-order valence-corrected chi connectivity index (χ4v) is 1.15. The van der Waals surface area contributed by atoms with Gasteiger partial charge in [0.15, 0.2) is 17.3 Å². The molecule has 0 unspecified atom stereocenters. The van der Waals surface area contributed by atoms with Crippen LogP contribution in [0.15, 0.2) is 4.60 Å². The van der Waals surface area contributed by atoms with Crippen molar-refractivity contribution in [3.05, 3.63) is 21.9 Å². The minimum absolute atomic E-state index is 0.336. The molecule has 0 saturated heterocycles. The summed E-state index contributed by atoms with van der Waals surface area (Å²) >= 11 is 2.69. The van der Waals surface area contributed by atoms with Crippen molar-refractivity contribution in [1.82, 2.24) is 4.98 Å². The Morgan fingerprint density at radius 2 is 2.07 bits per heavy atom. The Labute approximate surface area is 86.2 Å². The summed E-state index contributed by atoms with van der Waals surface area (Å²) in [4.78, 5) is 14.2. The van der Waals surface area contributed by atoms with E-state index >= 15 is 0 Å². The van der Waals surface area contributed by atoms with Crippen LogP contribution in [0.3, 0.4) is 0 Å². The zero-order valence-corrected chi connectivity index (χ0v) is 8.56. The first-order valence-electron chi connectivity index (χ1n) is 3.37. The first-order valence-corrected chi connectivity index (χ1v) is 4.16. The number of carbonyl (C=O) groups is 1. The number of pyridine rings is 1. The number of carbonyl (C=O) groups excluding carboxylic acids is 1. The van der Waals surface area contributed by atoms with Crippen molar-refractivity contribution in [3.63, 3.8) is 0 Å². The van der Waals surface area contributed by atoms with Gasteiger partial charge in [0.05, 0.1) is 7.11 Å². The van der Waals surface area contributed by atoms with Crippen molar-refractivity contribution in [1.29, 1.82) is 0 Å². The van der Waals surface area contributed by atoms with Crippen LogP contribution in [0.2, 0.25) is 0 Å². The minimum Gasteiger partial charge on any atom is -0.464 e. The molecular formula is C7H5BrF2N2O2. The lowest BCUT2D eigenvalue weighted by atomic mass is 10.3. The Bertz CT molecular complexity index is 398. The first-order chi connectivity index (χ1) is 6.49. The smallest absolute Gasteiger partial charge is 0.359 e. The Hall–Kier alpha value is -1.24. The number of hydrogen-bond acceptors (Lipinski definition) is 4. The molecule has 1 aromatic heterocycles. The molecule has 0 atom stereocenters. The highest BCUT2D eigenvalue weighted by Gasteiger charge is 2.22. The number of rotatable bonds is 1. The summed E-state index contributed by atoms with van der Waals surface area (Å²) in [5.74, 6) is -3.29. The lowest BCUT2D eigenvalue weighted by Gasteiger charge is -2.04. The molecule has 14 heavy (non-hydrogen) atoms. The molecule has 4 nitrogen and oxygen atoms in total. The number of nitrogen functional groups attached to an aromatic ring is 1. The molecule has 0 fully saturated rings. The third kappa shape index (κ3) is 1.67. The Morgan fingerprint density at radius 1 is 1.50 bits per heavy atom. The van der Waals surface area contributed by atoms with Gasteiger partial charge in [0.2, 0.25) is 0 Å². The number of aromatic nitrogens is 1. The predicted octanol–water partition coefficient (Wildman–Crippen LogP) is 1.49. The highest BCUT2D eigenvalue weighted by atomic mass is 79.9. The van der Waals surface area contributed by atoms with Crippen molar-refractivity contribution in [3.8, 4) is 0 Å². The standard InChI is InChI=1S/C7H5BrF2N2O2/c1-14-7(13)5-2(9)4(11)3(10)6(8)12-5/h1H3,(H2,11,12). The van der Waals surface area contributed by atoms with Crippen molar-refractivity contribution < 1.29 is 18.3 Å². The zero-order chi connectivity index (χ0) is 10.9. The van der Waals surface area contributed by atoms with Gasteiger partial charge >= 0.3 is 5.97 Å². The van der Waals surface area contributed by atoms with E-state index in [0.717, 1.165) is 7.11 Å². The molecule has 0 radical (unpaired) electrons. The van der Waals surface area contributed by atoms with Crippen molar-refractivity contribution in [2.75, 3.05) is 12.8 Å². The molecule has 0 amide bonds. The number of nitrogens with two attached hydrogens (primary N) is 1. The van der Waals surface area contributed by atoms with E-state index in [-0.39, 0.29) is 4.60 Å². The summed E-state index contributed by atoms with van der Waals surface area (Å²) in [5.41, 5.74) is 3.62. The highest BCUT2D eigenvalue weighted by Crippen LogP contribution is 2.24. The van der Waals surface area contributed by atoms with Crippen LogP contribution in [0.4, 0.5) is 14.5 Å². The zero-order valence-electron chi connectivity index (χ0n) is 6.97. The second-order valence-corrected chi connectivity index (χ2v) is 3.04. The number of anilines is 1. The van der Waals surface area contributed by atoms with Crippen LogP contribution < -0.4 is 5.73 Å². The molecule has 2 N–H and O–H groups in total. The number of nitrogens with zero attached hydrogens (tertiary/aromatic N) is 1. The van der Waals surface area contributed by atoms with E-state index in [0.29, 0.717) is 0 Å². The number of halogens is 3. The van der Waals surface area contributed by atoms with Crippen LogP contribution in [0.1, 0.15) is 10.5 Å². The van der Waals surface area contributed by atoms with E-state index in [4.69, 9.17) is 5.73 Å². The second kappa shape index (κ2) is 3.87. The average Bonchev–Trinajstić information content (AvgIpc) is 2.19. The van der Waals surface area contributed by atoms with Crippen LogP contribution >= 0.6 is 15.9 Å². The third-order valence-electron chi connectivity index (χ3n) is 1.45. The van der Waals surface area contributed by atoms with E-state index < -0.39 is 29.0 Å². The van der Waals surface area contributed by atoms with Gasteiger partial charge < -0.3 is 10.5 Å². The van der Waals surface area contributed by atoms with Gasteiger partial charge in [-0.05, 0) is 15.9 Å². The summed E-state index contributed by atoms with van der Waals surface area (Å²) in [6, 6.07) is 0. The van der Waals surface area contributed by atoms with Gasteiger partial charge in [-0.3, -0.25) is 0 Å². The van der Waals surface area contributed by atoms with Gasteiger partial charge in [-0.15, -0.1) is 0 Å². The maximum Gasteiger partial charge on any atom is 0.359 e. The van der Waals surface area contributed by atoms with E-state index in [9.17, 15) is 13.6 Å². The van der Waals surface area contributed by atoms with Crippen molar-refractivity contribution in [2.24, 2.45) is 0 Å². The van der Waals surface area contributed by atoms with Gasteiger partial charge in [0.25, 0.3) is 0 Å². The van der Waals surface area contributed by atoms with Gasteiger partial charge in [-0.1, -0.05) is 0 Å². The normalized spacial score (nSPS) is 10.0. The van der Waals surface area contributed by atoms with Crippen LogP contribution in [-0.2, 0) is 4.74 Å². The lowest BCUT2D eigenvalue weighted by Crippen LogP contribution is -2.11. The monoisotopic (exact) mass is 266 g/mol. The third-order valence-corrected chi connectivity index (χ3v) is 1.98. The minimum atomic E-state index is -1.22. The Balaban J connectivity index is 3.40. The summed E-state index contributed by atoms with van der Waals surface area (Å²) < 4.78 is 29.9. The number of methoxy groups -OCH3 is 1. The SMILES string of the molecule is COC(=O)c1nc(Br)c(F)c(N)c1F. The highest BCUT2D eigenvalue weighted by molar-refractivity contribution is 9.10. The molecule has 1 aromatic rings. The fourth-order valence-electron chi connectivity index (χ4n) is 0.763. The summed E-state index contributed by atoms with van der Waals surface area (Å²) in [6.07, 6.45) is 0. The topological polar surface area (TPSA) is 65.2 Å². The maximum absolute atomic E-state index is 13.1. The predicted molar refractivity (Wildman–Crippen MR) is 47.6 cm³/mol. The van der Waals surface area contributed by atoms with Crippen LogP contribution in [0, 0.1) is 11.6 Å². The largest absolute Gasteiger partial charge is 0.464 e. The molecule has 0 saturated carbocycles. The molecule has 1 rings (SSSR count). The van der Waals surface area contributed by atoms with Gasteiger partial charge in [-0.25, -0.2) is 18.6 Å². The van der Waals surface area contributed by atoms with Crippen molar-refractivity contribution in [2.45, 2.75) is 0 Å². The summed E-state index contributed by atoms with van der Waals surface area (Å²) in [5, 5.41) is 0. The molecule has 0 aliphatic rings. The number of esters is 1. The van der Waals surface area contributed by atoms with E-state index in [1.807, 2.05) is 0 Å². The van der Waals surface area contributed by atoms with Gasteiger partial charge in [0.1, 0.15) is 10.3 Å². The number of hydrogen-bond donors (Lipinski definition) is 1. The van der Waals surface area contributed by atoms with E-state index in [2.05, 4.69) is 25.7 Å². The molecule has 7 heteroatoms. The summed E-state index contributed by atoms with van der Waals surface area (Å²) in [6.45, 7) is 0. The van der Waals surface area contributed by atoms with E-state index in [1.165, 1.54) is 0 Å². The first kappa shape index (κ1) is 10.8. The molecule has 1 heterocycles. The van der Waals surface area contributed by atoms with Crippen molar-refractivity contribution >= 4 is 27.6 Å². The molecule has 0 spiro atoms. The lowest BCUT2D eigenvalue weighted by molar-refractivity contribution is 0.0588.